The second-order valence-electron chi connectivity index (χ2n) is 5.92. The molecule has 3 aromatic rings. The normalized spacial score (nSPS) is 13.0. The van der Waals surface area contributed by atoms with E-state index < -0.39 is 5.97 Å². The van der Waals surface area contributed by atoms with Crippen molar-refractivity contribution in [2.75, 3.05) is 0 Å². The summed E-state index contributed by atoms with van der Waals surface area (Å²) >= 11 is 0. The van der Waals surface area contributed by atoms with Crippen molar-refractivity contribution in [1.82, 2.24) is 4.57 Å². The van der Waals surface area contributed by atoms with E-state index in [0.29, 0.717) is 16.8 Å². The summed E-state index contributed by atoms with van der Waals surface area (Å²) < 4.78 is 1.79. The first-order chi connectivity index (χ1) is 12.6. The van der Waals surface area contributed by atoms with E-state index in [4.69, 9.17) is 5.11 Å². The molecule has 0 saturated heterocycles. The number of carbonyl (C=O) groups is 3. The van der Waals surface area contributed by atoms with E-state index >= 15 is 0 Å². The lowest BCUT2D eigenvalue weighted by atomic mass is 10.1. The maximum Gasteiger partial charge on any atom is 0.335 e. The van der Waals surface area contributed by atoms with Gasteiger partial charge in [-0.05, 0) is 42.5 Å². The molecule has 0 bridgehead atoms. The van der Waals surface area contributed by atoms with E-state index in [1.54, 1.807) is 65.4 Å². The van der Waals surface area contributed by atoms with Crippen LogP contribution in [0.4, 0.5) is 0 Å². The smallest absolute Gasteiger partial charge is 0.335 e. The second kappa shape index (κ2) is 5.97. The van der Waals surface area contributed by atoms with Gasteiger partial charge < -0.3 is 9.67 Å². The third kappa shape index (κ3) is 2.46. The molecule has 0 amide bonds. The van der Waals surface area contributed by atoms with Gasteiger partial charge in [-0.15, -0.1) is 0 Å². The van der Waals surface area contributed by atoms with Gasteiger partial charge in [-0.3, -0.25) is 9.59 Å². The van der Waals surface area contributed by atoms with Crippen molar-refractivity contribution in [1.29, 1.82) is 0 Å². The summed E-state index contributed by atoms with van der Waals surface area (Å²) in [5.74, 6) is -1.55. The van der Waals surface area contributed by atoms with Crippen molar-refractivity contribution < 1.29 is 19.5 Å². The largest absolute Gasteiger partial charge is 0.478 e. The molecule has 1 aliphatic carbocycles. The molecule has 0 unspecified atom stereocenters. The van der Waals surface area contributed by atoms with Crippen LogP contribution < -0.4 is 0 Å². The van der Waals surface area contributed by atoms with Crippen LogP contribution in [-0.4, -0.2) is 27.2 Å². The standard InChI is InChI=1S/C21H13NO4/c23-19-16-5-1-2-6-17(16)20(24)18(19)12-15-4-3-11-22(15)14-9-7-13(8-10-14)21(25)26/h1-12H,(H,25,26). The molecule has 1 N–H and O–H groups in total. The molecule has 4 rings (SSSR count). The van der Waals surface area contributed by atoms with Crippen LogP contribution in [0.15, 0.2) is 72.4 Å². The Morgan fingerprint density at radius 2 is 1.46 bits per heavy atom. The Morgan fingerprint density at radius 3 is 2.04 bits per heavy atom. The molecule has 5 heteroatoms. The molecular weight excluding hydrogens is 330 g/mol. The Balaban J connectivity index is 1.74. The van der Waals surface area contributed by atoms with E-state index in [-0.39, 0.29) is 22.7 Å². The van der Waals surface area contributed by atoms with E-state index in [1.165, 1.54) is 12.1 Å². The lowest BCUT2D eigenvalue weighted by Gasteiger charge is -2.07. The van der Waals surface area contributed by atoms with E-state index in [9.17, 15) is 14.4 Å². The topological polar surface area (TPSA) is 76.4 Å². The monoisotopic (exact) mass is 343 g/mol. The van der Waals surface area contributed by atoms with E-state index in [0.717, 1.165) is 5.69 Å². The SMILES string of the molecule is O=C(O)c1ccc(-n2cccc2C=C2C(=O)c3ccccc3C2=O)cc1. The number of hydrogen-bond donors (Lipinski definition) is 1. The average molecular weight is 343 g/mol. The van der Waals surface area contributed by atoms with Gasteiger partial charge in [-0.25, -0.2) is 4.79 Å². The predicted molar refractivity (Wildman–Crippen MR) is 95.8 cm³/mol. The number of carboxylic acids is 1. The van der Waals surface area contributed by atoms with Crippen molar-refractivity contribution in [3.05, 3.63) is 94.8 Å². The first-order valence-corrected chi connectivity index (χ1v) is 7.97. The minimum atomic E-state index is -0.994. The Labute approximate surface area is 148 Å². The molecule has 0 aliphatic heterocycles. The van der Waals surface area contributed by atoms with Gasteiger partial charge in [0.1, 0.15) is 0 Å². The van der Waals surface area contributed by atoms with Gasteiger partial charge in [0, 0.05) is 28.7 Å². The van der Waals surface area contributed by atoms with Gasteiger partial charge in [0.05, 0.1) is 11.1 Å². The Hall–Kier alpha value is -3.73. The average Bonchev–Trinajstić information content (AvgIpc) is 3.21. The molecule has 0 saturated carbocycles. The van der Waals surface area contributed by atoms with Crippen LogP contribution in [0.1, 0.15) is 36.8 Å². The highest BCUT2D eigenvalue weighted by Gasteiger charge is 2.32. The summed E-state index contributed by atoms with van der Waals surface area (Å²) in [5, 5.41) is 9.00. The predicted octanol–water partition coefficient (Wildman–Crippen LogP) is 3.64. The van der Waals surface area contributed by atoms with Crippen molar-refractivity contribution in [3.8, 4) is 5.69 Å². The molecule has 1 aromatic heterocycles. The quantitative estimate of drug-likeness (QED) is 0.582. The molecule has 0 fully saturated rings. The maximum atomic E-state index is 12.5. The number of nitrogens with zero attached hydrogens (tertiary/aromatic N) is 1. The number of benzene rings is 2. The molecule has 0 atom stereocenters. The third-order valence-electron chi connectivity index (χ3n) is 4.37. The van der Waals surface area contributed by atoms with Crippen molar-refractivity contribution in [2.24, 2.45) is 0 Å². The van der Waals surface area contributed by atoms with Crippen LogP contribution in [-0.2, 0) is 0 Å². The van der Waals surface area contributed by atoms with Crippen molar-refractivity contribution in [3.63, 3.8) is 0 Å². The molecular formula is C21H13NO4. The van der Waals surface area contributed by atoms with Crippen molar-refractivity contribution >= 4 is 23.6 Å². The first-order valence-electron chi connectivity index (χ1n) is 7.97. The Kier molecular flexibility index (Phi) is 3.62. The molecule has 126 valence electrons. The summed E-state index contributed by atoms with van der Waals surface area (Å²) in [7, 11) is 0. The molecule has 0 spiro atoms. The summed E-state index contributed by atoms with van der Waals surface area (Å²) in [5.41, 5.74) is 2.57. The highest BCUT2D eigenvalue weighted by Crippen LogP contribution is 2.28. The van der Waals surface area contributed by atoms with E-state index in [2.05, 4.69) is 0 Å². The van der Waals surface area contributed by atoms with Gasteiger partial charge in [0.15, 0.2) is 11.6 Å². The second-order valence-corrected chi connectivity index (χ2v) is 5.92. The van der Waals surface area contributed by atoms with Crippen LogP contribution >= 0.6 is 0 Å². The lowest BCUT2D eigenvalue weighted by molar-refractivity contribution is 0.0696. The van der Waals surface area contributed by atoms with Gasteiger partial charge in [-0.1, -0.05) is 24.3 Å². The van der Waals surface area contributed by atoms with Crippen LogP contribution in [0.25, 0.3) is 11.8 Å². The minimum absolute atomic E-state index is 0.133. The molecule has 0 radical (unpaired) electrons. The van der Waals surface area contributed by atoms with Gasteiger partial charge in [0.2, 0.25) is 0 Å². The number of carboxylic acid groups (broad SMARTS) is 1. The summed E-state index contributed by atoms with van der Waals surface area (Å²) in [6.07, 6.45) is 3.37. The fourth-order valence-corrected chi connectivity index (χ4v) is 3.06. The summed E-state index contributed by atoms with van der Waals surface area (Å²) in [6, 6.07) is 16.7. The summed E-state index contributed by atoms with van der Waals surface area (Å²) in [6.45, 7) is 0. The van der Waals surface area contributed by atoms with Crippen molar-refractivity contribution in [2.45, 2.75) is 0 Å². The number of aromatic nitrogens is 1. The highest BCUT2D eigenvalue weighted by atomic mass is 16.4. The maximum absolute atomic E-state index is 12.5. The number of ketones is 2. The fourth-order valence-electron chi connectivity index (χ4n) is 3.06. The molecule has 2 aromatic carbocycles. The number of hydrogen-bond acceptors (Lipinski definition) is 3. The van der Waals surface area contributed by atoms with Gasteiger partial charge in [-0.2, -0.15) is 0 Å². The van der Waals surface area contributed by atoms with Gasteiger partial charge in [0.25, 0.3) is 0 Å². The molecule has 1 aliphatic rings. The lowest BCUT2D eigenvalue weighted by Crippen LogP contribution is -2.03. The number of carbonyl (C=O) groups excluding carboxylic acids is 2. The number of rotatable bonds is 3. The number of aromatic carboxylic acids is 1. The van der Waals surface area contributed by atoms with Crippen LogP contribution in [0, 0.1) is 0 Å². The Morgan fingerprint density at radius 1 is 0.846 bits per heavy atom. The zero-order chi connectivity index (χ0) is 18.3. The van der Waals surface area contributed by atoms with Crippen LogP contribution in [0.3, 0.4) is 0 Å². The van der Waals surface area contributed by atoms with Crippen LogP contribution in [0.5, 0.6) is 0 Å². The highest BCUT2D eigenvalue weighted by molar-refractivity contribution is 6.41. The molecule has 5 nitrogen and oxygen atoms in total. The zero-order valence-corrected chi connectivity index (χ0v) is 13.5. The summed E-state index contributed by atoms with van der Waals surface area (Å²) in [4.78, 5) is 36.1. The van der Waals surface area contributed by atoms with Gasteiger partial charge >= 0.3 is 5.97 Å². The first kappa shape index (κ1) is 15.8. The van der Waals surface area contributed by atoms with Crippen LogP contribution in [0.2, 0.25) is 0 Å². The number of Topliss-reactive ketones (excluding diaryl/α,β-unsaturated/α-hetero) is 2. The number of fused-ring (bicyclic) bond motifs is 1. The fraction of sp³-hybridized carbons (Fsp3) is 0. The molecule has 1 heterocycles. The zero-order valence-electron chi connectivity index (χ0n) is 13.5. The Bertz CT molecular complexity index is 1050. The molecule has 26 heavy (non-hydrogen) atoms. The van der Waals surface area contributed by atoms with E-state index in [1.807, 2.05) is 0 Å². The number of allylic oxidation sites excluding steroid dienone is 1. The minimum Gasteiger partial charge on any atom is -0.478 e. The third-order valence-corrected chi connectivity index (χ3v) is 4.37.